The molecule has 9 heteroatoms. The second-order valence-corrected chi connectivity index (χ2v) is 8.11. The summed E-state index contributed by atoms with van der Waals surface area (Å²) in [4.78, 5) is 12.5. The number of amides is 1. The van der Waals surface area contributed by atoms with Crippen LogP contribution in [0.2, 0.25) is 0 Å². The van der Waals surface area contributed by atoms with Crippen LogP contribution in [0.5, 0.6) is 0 Å². The lowest BCUT2D eigenvalue weighted by Gasteiger charge is -2.32. The first kappa shape index (κ1) is 18.6. The summed E-state index contributed by atoms with van der Waals surface area (Å²) in [5.41, 5.74) is 0.328. The van der Waals surface area contributed by atoms with Crippen molar-refractivity contribution >= 4 is 15.9 Å². The van der Waals surface area contributed by atoms with E-state index in [2.05, 4.69) is 15.7 Å². The second kappa shape index (κ2) is 7.98. The van der Waals surface area contributed by atoms with Gasteiger partial charge in [0.25, 0.3) is 5.91 Å². The Bertz CT molecular complexity index is 851. The molecule has 8 nitrogen and oxygen atoms in total. The molecule has 0 radical (unpaired) electrons. The summed E-state index contributed by atoms with van der Waals surface area (Å²) in [5, 5.41) is 10.0. The van der Waals surface area contributed by atoms with Crippen molar-refractivity contribution in [3.8, 4) is 0 Å². The van der Waals surface area contributed by atoms with Gasteiger partial charge in [0.05, 0.1) is 11.4 Å². The summed E-state index contributed by atoms with van der Waals surface area (Å²) in [6.45, 7) is 4.49. The molecular weight excluding hydrogens is 354 g/mol. The van der Waals surface area contributed by atoms with Gasteiger partial charge in [-0.3, -0.25) is 9.48 Å². The molecule has 0 unspecified atom stereocenters. The van der Waals surface area contributed by atoms with Gasteiger partial charge in [-0.25, -0.2) is 8.42 Å². The van der Waals surface area contributed by atoms with E-state index in [1.54, 1.807) is 23.0 Å². The Morgan fingerprint density at radius 2 is 2.23 bits per heavy atom. The predicted octanol–water partition coefficient (Wildman–Crippen LogP) is 0.296. The van der Waals surface area contributed by atoms with Crippen molar-refractivity contribution < 1.29 is 13.2 Å². The number of nitrogens with one attached hydrogen (secondary N) is 2. The molecule has 140 valence electrons. The van der Waals surface area contributed by atoms with Gasteiger partial charge in [-0.05, 0) is 31.2 Å². The molecule has 0 aliphatic carbocycles. The molecule has 26 heavy (non-hydrogen) atoms. The molecule has 1 saturated heterocycles. The van der Waals surface area contributed by atoms with E-state index in [9.17, 15) is 13.2 Å². The van der Waals surface area contributed by atoms with E-state index < -0.39 is 10.0 Å². The monoisotopic (exact) mass is 377 g/mol. The van der Waals surface area contributed by atoms with E-state index in [1.807, 2.05) is 19.2 Å². The van der Waals surface area contributed by atoms with Gasteiger partial charge < -0.3 is 10.6 Å². The van der Waals surface area contributed by atoms with E-state index in [0.717, 1.165) is 0 Å². The Kier molecular flexibility index (Phi) is 5.70. The van der Waals surface area contributed by atoms with Crippen LogP contribution in [0.3, 0.4) is 0 Å². The van der Waals surface area contributed by atoms with E-state index >= 15 is 0 Å². The first-order valence-electron chi connectivity index (χ1n) is 8.57. The van der Waals surface area contributed by atoms with Gasteiger partial charge in [-0.1, -0.05) is 6.07 Å². The number of nitrogens with zero attached hydrogens (tertiary/aromatic N) is 3. The Hall–Kier alpha value is -2.23. The minimum atomic E-state index is -3.62. The topological polar surface area (TPSA) is 96.3 Å². The molecule has 1 fully saturated rings. The molecule has 3 rings (SSSR count). The summed E-state index contributed by atoms with van der Waals surface area (Å²) in [6, 6.07) is 7.87. The molecule has 0 saturated carbocycles. The molecule has 2 aromatic rings. The van der Waals surface area contributed by atoms with Crippen molar-refractivity contribution in [3.63, 3.8) is 0 Å². The van der Waals surface area contributed by atoms with E-state index in [1.165, 1.54) is 16.4 Å². The Balaban J connectivity index is 1.69. The van der Waals surface area contributed by atoms with E-state index in [-0.39, 0.29) is 16.8 Å². The number of piperazine rings is 1. The number of hydrogen-bond acceptors (Lipinski definition) is 5. The fraction of sp³-hybridized carbons (Fsp3) is 0.412. The summed E-state index contributed by atoms with van der Waals surface area (Å²) >= 11 is 0. The summed E-state index contributed by atoms with van der Waals surface area (Å²) in [6.07, 6.45) is 3.49. The molecule has 1 aromatic heterocycles. The fourth-order valence-corrected chi connectivity index (χ4v) is 4.61. The normalized spacial score (nSPS) is 18.6. The van der Waals surface area contributed by atoms with Crippen LogP contribution in [0, 0.1) is 0 Å². The number of hydrogen-bond donors (Lipinski definition) is 2. The van der Waals surface area contributed by atoms with E-state index in [4.69, 9.17) is 0 Å². The molecule has 2 N–H and O–H groups in total. The van der Waals surface area contributed by atoms with Crippen LogP contribution in [-0.2, 0) is 16.6 Å². The summed E-state index contributed by atoms with van der Waals surface area (Å²) in [7, 11) is -3.62. The average molecular weight is 377 g/mol. The maximum absolute atomic E-state index is 12.9. The van der Waals surface area contributed by atoms with Gasteiger partial charge >= 0.3 is 0 Å². The van der Waals surface area contributed by atoms with E-state index in [0.29, 0.717) is 38.3 Å². The lowest BCUT2D eigenvalue weighted by atomic mass is 10.2. The third-order valence-electron chi connectivity index (χ3n) is 4.33. The van der Waals surface area contributed by atoms with Crippen molar-refractivity contribution in [1.29, 1.82) is 0 Å². The molecule has 1 aromatic carbocycles. The lowest BCUT2D eigenvalue weighted by Crippen LogP contribution is -2.52. The van der Waals surface area contributed by atoms with Crippen LogP contribution in [0.1, 0.15) is 17.3 Å². The molecule has 1 aliphatic heterocycles. The molecular formula is C17H23N5O3S. The fourth-order valence-electron chi connectivity index (χ4n) is 2.93. The Labute approximate surface area is 153 Å². The number of carbonyl (C=O) groups excluding carboxylic acids is 1. The average Bonchev–Trinajstić information content (AvgIpc) is 3.15. The van der Waals surface area contributed by atoms with Gasteiger partial charge in [0.2, 0.25) is 10.0 Å². The van der Waals surface area contributed by atoms with Crippen LogP contribution < -0.4 is 10.6 Å². The zero-order valence-electron chi connectivity index (χ0n) is 14.6. The zero-order valence-corrected chi connectivity index (χ0v) is 15.4. The lowest BCUT2D eigenvalue weighted by molar-refractivity contribution is 0.0951. The van der Waals surface area contributed by atoms with Gasteiger partial charge in [-0.2, -0.15) is 9.40 Å². The number of sulfonamides is 1. The van der Waals surface area contributed by atoms with Crippen molar-refractivity contribution in [2.45, 2.75) is 24.4 Å². The van der Waals surface area contributed by atoms with Crippen LogP contribution >= 0.6 is 0 Å². The van der Waals surface area contributed by atoms with Crippen molar-refractivity contribution in [3.05, 3.63) is 48.3 Å². The zero-order chi connectivity index (χ0) is 18.6. The summed E-state index contributed by atoms with van der Waals surface area (Å²) in [5.74, 6) is -0.303. The van der Waals surface area contributed by atoms with Gasteiger partial charge in [0.1, 0.15) is 0 Å². The molecule has 1 aliphatic rings. The quantitative estimate of drug-likeness (QED) is 0.755. The highest BCUT2D eigenvalue weighted by Gasteiger charge is 2.31. The van der Waals surface area contributed by atoms with Crippen molar-refractivity contribution in [2.24, 2.45) is 0 Å². The highest BCUT2D eigenvalue weighted by atomic mass is 32.2. The maximum Gasteiger partial charge on any atom is 0.251 e. The van der Waals surface area contributed by atoms with Gasteiger partial charge in [-0.15, -0.1) is 0 Å². The Morgan fingerprint density at radius 1 is 1.38 bits per heavy atom. The molecule has 0 bridgehead atoms. The van der Waals surface area contributed by atoms with Crippen molar-refractivity contribution in [1.82, 2.24) is 24.7 Å². The standard InChI is InChI=1S/C17H23N5O3S/c1-14-13-18-7-11-22(14)26(24,25)16-5-2-4-15(12-16)17(23)19-8-10-21-9-3-6-20-21/h2-6,9,12,14,18H,7-8,10-11,13H2,1H3,(H,19,23)/t14-/m1/s1. The van der Waals surface area contributed by atoms with Crippen LogP contribution in [0.25, 0.3) is 0 Å². The Morgan fingerprint density at radius 3 is 2.96 bits per heavy atom. The number of rotatable bonds is 6. The number of carbonyl (C=O) groups is 1. The molecule has 1 amide bonds. The minimum absolute atomic E-state index is 0.125. The van der Waals surface area contributed by atoms with Gasteiger partial charge in [0.15, 0.2) is 0 Å². The molecule has 0 spiro atoms. The summed E-state index contributed by atoms with van der Waals surface area (Å²) < 4.78 is 29.0. The van der Waals surface area contributed by atoms with Gasteiger partial charge in [0, 0.05) is 50.2 Å². The minimum Gasteiger partial charge on any atom is -0.350 e. The SMILES string of the molecule is C[C@@H]1CNCCN1S(=O)(=O)c1cccc(C(=O)NCCn2cccn2)c1. The third-order valence-corrected chi connectivity index (χ3v) is 6.34. The van der Waals surface area contributed by atoms with Crippen LogP contribution in [0.15, 0.2) is 47.6 Å². The number of aromatic nitrogens is 2. The molecule has 2 heterocycles. The third kappa shape index (κ3) is 4.12. The predicted molar refractivity (Wildman–Crippen MR) is 97.2 cm³/mol. The highest BCUT2D eigenvalue weighted by molar-refractivity contribution is 7.89. The second-order valence-electron chi connectivity index (χ2n) is 6.22. The highest BCUT2D eigenvalue weighted by Crippen LogP contribution is 2.20. The maximum atomic E-state index is 12.9. The van der Waals surface area contributed by atoms with Crippen LogP contribution in [0.4, 0.5) is 0 Å². The smallest absolute Gasteiger partial charge is 0.251 e. The largest absolute Gasteiger partial charge is 0.350 e. The molecule has 1 atom stereocenters. The van der Waals surface area contributed by atoms with Crippen LogP contribution in [-0.4, -0.2) is 60.6 Å². The number of benzene rings is 1. The first-order valence-corrected chi connectivity index (χ1v) is 10.0. The van der Waals surface area contributed by atoms with Crippen molar-refractivity contribution in [2.75, 3.05) is 26.2 Å². The first-order chi connectivity index (χ1) is 12.5.